The summed E-state index contributed by atoms with van der Waals surface area (Å²) in [7, 11) is -3.42. The third-order valence-corrected chi connectivity index (χ3v) is 8.91. The third-order valence-electron chi connectivity index (χ3n) is 5.51. The fourth-order valence-corrected chi connectivity index (χ4v) is 6.99. The molecular formula is C21H18Cl2F3N3O3S2. The van der Waals surface area contributed by atoms with E-state index in [9.17, 15) is 26.4 Å². The molecule has 2 aromatic rings. The highest BCUT2D eigenvalue weighted by molar-refractivity contribution is 8.14. The zero-order valence-corrected chi connectivity index (χ0v) is 20.7. The molecule has 0 bridgehead atoms. The summed E-state index contributed by atoms with van der Waals surface area (Å²) in [5.41, 5.74) is 0.304. The summed E-state index contributed by atoms with van der Waals surface area (Å²) in [6.07, 6.45) is -4.61. The first-order chi connectivity index (χ1) is 15.9. The second kappa shape index (κ2) is 9.25. The third kappa shape index (κ3) is 5.17. The van der Waals surface area contributed by atoms with E-state index in [1.165, 1.54) is 4.90 Å². The number of rotatable bonds is 4. The number of alkyl halides is 3. The summed E-state index contributed by atoms with van der Waals surface area (Å²) in [6, 6.07) is 6.57. The standard InChI is InChI=1S/C21H18Cl2F3N3O3S2/c1-11-13(22)3-2-4-15(11)27-19(30)8-33-20-28-16-9-34(31,32)10-18(16)29(20)17-7-12(21(24,25)26)5-6-14(17)23/h2-7,16,18H,8-10H2,1H3,(H,27,30)/t16-,18-/m1/s1. The molecule has 0 spiro atoms. The van der Waals surface area contributed by atoms with Gasteiger partial charge in [0.1, 0.15) is 0 Å². The van der Waals surface area contributed by atoms with Gasteiger partial charge in [0, 0.05) is 10.7 Å². The highest BCUT2D eigenvalue weighted by Crippen LogP contribution is 2.41. The van der Waals surface area contributed by atoms with Crippen molar-refractivity contribution in [1.82, 2.24) is 0 Å². The first kappa shape index (κ1) is 25.2. The van der Waals surface area contributed by atoms with E-state index < -0.39 is 33.7 Å². The predicted octanol–water partition coefficient (Wildman–Crippen LogP) is 5.03. The molecule has 0 saturated carbocycles. The van der Waals surface area contributed by atoms with Crippen molar-refractivity contribution >= 4 is 67.3 Å². The minimum atomic E-state index is -4.61. The number of aliphatic imine (C=N–C) groups is 1. The summed E-state index contributed by atoms with van der Waals surface area (Å²) in [5.74, 6) is -0.976. The second-order valence-electron chi connectivity index (χ2n) is 7.91. The fourth-order valence-electron chi connectivity index (χ4n) is 3.85. The van der Waals surface area contributed by atoms with E-state index in [0.29, 0.717) is 16.3 Å². The Morgan fingerprint density at radius 1 is 1.21 bits per heavy atom. The molecule has 0 radical (unpaired) electrons. The molecule has 34 heavy (non-hydrogen) atoms. The van der Waals surface area contributed by atoms with Crippen molar-refractivity contribution < 1.29 is 26.4 Å². The van der Waals surface area contributed by atoms with Crippen LogP contribution in [0.15, 0.2) is 41.4 Å². The number of hydrogen-bond acceptors (Lipinski definition) is 6. The molecule has 0 aliphatic carbocycles. The van der Waals surface area contributed by atoms with Gasteiger partial charge in [-0.3, -0.25) is 9.79 Å². The number of nitrogens with zero attached hydrogens (tertiary/aromatic N) is 2. The molecule has 2 aliphatic rings. The van der Waals surface area contributed by atoms with E-state index >= 15 is 0 Å². The van der Waals surface area contributed by atoms with Crippen LogP contribution in [0.1, 0.15) is 11.1 Å². The number of halogens is 5. The number of amidine groups is 1. The Labute approximate surface area is 208 Å². The van der Waals surface area contributed by atoms with Crippen LogP contribution >= 0.6 is 35.0 Å². The van der Waals surface area contributed by atoms with Crippen LogP contribution in [-0.2, 0) is 20.8 Å². The Kier molecular flexibility index (Phi) is 6.84. The molecule has 0 aromatic heterocycles. The number of fused-ring (bicyclic) bond motifs is 1. The Balaban J connectivity index is 1.60. The molecule has 6 nitrogen and oxygen atoms in total. The molecule has 2 aliphatic heterocycles. The molecule has 1 amide bonds. The van der Waals surface area contributed by atoms with Crippen LogP contribution in [0, 0.1) is 6.92 Å². The molecule has 2 aromatic carbocycles. The van der Waals surface area contributed by atoms with Gasteiger partial charge in [-0.25, -0.2) is 8.42 Å². The lowest BCUT2D eigenvalue weighted by atomic mass is 10.1. The number of carbonyl (C=O) groups is 1. The monoisotopic (exact) mass is 551 g/mol. The van der Waals surface area contributed by atoms with E-state index in [2.05, 4.69) is 10.3 Å². The molecule has 2 heterocycles. The maximum absolute atomic E-state index is 13.3. The molecule has 1 saturated heterocycles. The van der Waals surface area contributed by atoms with Crippen LogP contribution in [-0.4, -0.2) is 48.8 Å². The van der Waals surface area contributed by atoms with E-state index in [1.54, 1.807) is 25.1 Å². The zero-order valence-electron chi connectivity index (χ0n) is 17.6. The van der Waals surface area contributed by atoms with Gasteiger partial charge < -0.3 is 10.2 Å². The largest absolute Gasteiger partial charge is 0.416 e. The molecule has 4 rings (SSSR count). The minimum Gasteiger partial charge on any atom is -0.325 e. The zero-order chi connectivity index (χ0) is 24.8. The van der Waals surface area contributed by atoms with E-state index in [4.69, 9.17) is 23.2 Å². The SMILES string of the molecule is Cc1c(Cl)cccc1NC(=O)CSC1=N[C@@H]2CS(=O)(=O)C[C@H]2N1c1cc(C(F)(F)F)ccc1Cl. The topological polar surface area (TPSA) is 78.8 Å². The van der Waals surface area contributed by atoms with Crippen molar-refractivity contribution in [2.45, 2.75) is 25.2 Å². The number of carbonyl (C=O) groups excluding carboxylic acids is 1. The Morgan fingerprint density at radius 2 is 1.94 bits per heavy atom. The maximum Gasteiger partial charge on any atom is 0.416 e. The van der Waals surface area contributed by atoms with Gasteiger partial charge >= 0.3 is 6.18 Å². The number of nitrogens with one attached hydrogen (secondary N) is 1. The van der Waals surface area contributed by atoms with Crippen molar-refractivity contribution in [1.29, 1.82) is 0 Å². The van der Waals surface area contributed by atoms with Gasteiger partial charge in [0.15, 0.2) is 15.0 Å². The van der Waals surface area contributed by atoms with Crippen LogP contribution in [0.25, 0.3) is 0 Å². The van der Waals surface area contributed by atoms with Gasteiger partial charge in [-0.05, 0) is 42.8 Å². The lowest BCUT2D eigenvalue weighted by molar-refractivity contribution is -0.137. The molecule has 2 atom stereocenters. The lowest BCUT2D eigenvalue weighted by Gasteiger charge is -2.28. The van der Waals surface area contributed by atoms with Gasteiger partial charge in [0.25, 0.3) is 0 Å². The highest BCUT2D eigenvalue weighted by atomic mass is 35.5. The molecular weight excluding hydrogens is 534 g/mol. The number of amides is 1. The van der Waals surface area contributed by atoms with Crippen LogP contribution in [0.5, 0.6) is 0 Å². The average Bonchev–Trinajstić information content (AvgIpc) is 3.20. The Morgan fingerprint density at radius 3 is 2.65 bits per heavy atom. The first-order valence-corrected chi connectivity index (χ1v) is 13.5. The van der Waals surface area contributed by atoms with E-state index in [1.807, 2.05) is 0 Å². The van der Waals surface area contributed by atoms with Crippen LogP contribution in [0.3, 0.4) is 0 Å². The molecule has 1 N–H and O–H groups in total. The molecule has 0 unspecified atom stereocenters. The van der Waals surface area contributed by atoms with Crippen molar-refractivity contribution in [3.8, 4) is 0 Å². The van der Waals surface area contributed by atoms with Gasteiger partial charge in [-0.2, -0.15) is 13.2 Å². The fraction of sp³-hybridized carbons (Fsp3) is 0.333. The van der Waals surface area contributed by atoms with Gasteiger partial charge in [0.05, 0.1) is 45.6 Å². The predicted molar refractivity (Wildman–Crippen MR) is 130 cm³/mol. The summed E-state index contributed by atoms with van der Waals surface area (Å²) in [6.45, 7) is 1.76. The van der Waals surface area contributed by atoms with Crippen molar-refractivity contribution in [2.24, 2.45) is 4.99 Å². The number of hydrogen-bond donors (Lipinski definition) is 1. The van der Waals surface area contributed by atoms with Crippen LogP contribution < -0.4 is 10.2 Å². The normalized spacial score (nSPS) is 21.4. The van der Waals surface area contributed by atoms with E-state index in [-0.39, 0.29) is 39.0 Å². The Hall–Kier alpha value is -1.95. The summed E-state index contributed by atoms with van der Waals surface area (Å²) < 4.78 is 64.4. The average molecular weight is 552 g/mol. The number of benzene rings is 2. The maximum atomic E-state index is 13.3. The lowest BCUT2D eigenvalue weighted by Crippen LogP contribution is -2.39. The highest BCUT2D eigenvalue weighted by Gasteiger charge is 2.48. The first-order valence-electron chi connectivity index (χ1n) is 9.98. The summed E-state index contributed by atoms with van der Waals surface area (Å²) in [4.78, 5) is 18.4. The quantitative estimate of drug-likeness (QED) is 0.576. The molecule has 182 valence electrons. The van der Waals surface area contributed by atoms with Crippen LogP contribution in [0.4, 0.5) is 24.5 Å². The second-order valence-corrected chi connectivity index (χ2v) is 11.8. The molecule has 1 fully saturated rings. The van der Waals surface area contributed by atoms with Gasteiger partial charge in [-0.15, -0.1) is 0 Å². The molecule has 13 heteroatoms. The minimum absolute atomic E-state index is 0.00145. The van der Waals surface area contributed by atoms with Gasteiger partial charge in [0.2, 0.25) is 5.91 Å². The summed E-state index contributed by atoms with van der Waals surface area (Å²) in [5, 5.41) is 3.49. The van der Waals surface area contributed by atoms with Gasteiger partial charge in [-0.1, -0.05) is 41.0 Å². The smallest absolute Gasteiger partial charge is 0.325 e. The van der Waals surface area contributed by atoms with Crippen molar-refractivity contribution in [3.63, 3.8) is 0 Å². The number of anilines is 2. The number of thioether (sulfide) groups is 1. The number of sulfone groups is 1. The van der Waals surface area contributed by atoms with Crippen molar-refractivity contribution in [3.05, 3.63) is 57.6 Å². The Bertz CT molecular complexity index is 1290. The van der Waals surface area contributed by atoms with Crippen molar-refractivity contribution in [2.75, 3.05) is 27.5 Å². The summed E-state index contributed by atoms with van der Waals surface area (Å²) >= 11 is 13.3. The van der Waals surface area contributed by atoms with Crippen LogP contribution in [0.2, 0.25) is 10.0 Å². The van der Waals surface area contributed by atoms with E-state index in [0.717, 1.165) is 30.0 Å².